The first kappa shape index (κ1) is 16.3. The zero-order chi connectivity index (χ0) is 14.7. The lowest BCUT2D eigenvalue weighted by Gasteiger charge is -2.24. The molecule has 0 spiro atoms. The predicted octanol–water partition coefficient (Wildman–Crippen LogP) is 4.67. The summed E-state index contributed by atoms with van der Waals surface area (Å²) >= 11 is 6.05. The van der Waals surface area contributed by atoms with Crippen LogP contribution in [0.5, 0.6) is 0 Å². The highest BCUT2D eigenvalue weighted by atomic mass is 35.5. The molecule has 0 heterocycles. The quantitative estimate of drug-likeness (QED) is 0.836. The Morgan fingerprint density at radius 1 is 1.21 bits per heavy atom. The lowest BCUT2D eigenvalue weighted by atomic mass is 9.91. The van der Waals surface area contributed by atoms with Gasteiger partial charge in [0.25, 0.3) is 0 Å². The smallest absolute Gasteiger partial charge is 0.389 e. The zero-order valence-corrected chi connectivity index (χ0v) is 11.8. The monoisotopic (exact) mass is 294 g/mol. The van der Waals surface area contributed by atoms with Crippen molar-refractivity contribution < 1.29 is 18.3 Å². The molecule has 0 radical (unpaired) electrons. The van der Waals surface area contributed by atoms with E-state index in [2.05, 4.69) is 0 Å². The number of rotatable bonds is 5. The Kier molecular flexibility index (Phi) is 5.27. The van der Waals surface area contributed by atoms with Crippen LogP contribution in [0.2, 0.25) is 5.02 Å². The topological polar surface area (TPSA) is 20.2 Å². The summed E-state index contributed by atoms with van der Waals surface area (Å²) < 4.78 is 36.2. The lowest BCUT2D eigenvalue weighted by Crippen LogP contribution is -2.27. The second-order valence-corrected chi connectivity index (χ2v) is 5.64. The number of aryl methyl sites for hydroxylation is 1. The van der Waals surface area contributed by atoms with E-state index in [0.29, 0.717) is 5.02 Å². The first-order valence-corrected chi connectivity index (χ1v) is 6.51. The van der Waals surface area contributed by atoms with Gasteiger partial charge in [-0.2, -0.15) is 13.2 Å². The number of halogens is 4. The molecule has 1 atom stereocenters. The van der Waals surface area contributed by atoms with Crippen molar-refractivity contribution in [3.05, 3.63) is 34.3 Å². The van der Waals surface area contributed by atoms with Crippen molar-refractivity contribution in [2.45, 2.75) is 51.3 Å². The van der Waals surface area contributed by atoms with E-state index < -0.39 is 18.2 Å². The van der Waals surface area contributed by atoms with Crippen LogP contribution in [0.4, 0.5) is 13.2 Å². The molecule has 0 aliphatic rings. The van der Waals surface area contributed by atoms with Crippen LogP contribution in [-0.2, 0) is 6.42 Å². The van der Waals surface area contributed by atoms with Gasteiger partial charge in [0.1, 0.15) is 0 Å². The Balaban J connectivity index is 2.58. The molecule has 0 bridgehead atoms. The van der Waals surface area contributed by atoms with Gasteiger partial charge in [0, 0.05) is 17.9 Å². The molecule has 0 aliphatic carbocycles. The normalized spacial score (nSPS) is 15.3. The molecular formula is C14H18ClF3O. The van der Waals surface area contributed by atoms with Crippen LogP contribution in [0.25, 0.3) is 0 Å². The van der Waals surface area contributed by atoms with Gasteiger partial charge in [0.2, 0.25) is 0 Å². The van der Waals surface area contributed by atoms with E-state index >= 15 is 0 Å². The average Bonchev–Trinajstić information content (AvgIpc) is 2.20. The van der Waals surface area contributed by atoms with Gasteiger partial charge in [0.15, 0.2) is 0 Å². The van der Waals surface area contributed by atoms with Crippen molar-refractivity contribution in [2.75, 3.05) is 0 Å². The summed E-state index contributed by atoms with van der Waals surface area (Å²) in [5.41, 5.74) is 0.583. The van der Waals surface area contributed by atoms with Crippen molar-refractivity contribution >= 4 is 11.6 Å². The highest BCUT2D eigenvalue weighted by Gasteiger charge is 2.29. The molecule has 1 nitrogen and oxygen atoms in total. The van der Waals surface area contributed by atoms with Gasteiger partial charge in [-0.3, -0.25) is 0 Å². The summed E-state index contributed by atoms with van der Waals surface area (Å²) in [6.45, 7) is 3.44. The molecule has 108 valence electrons. The van der Waals surface area contributed by atoms with Gasteiger partial charge in [0.05, 0.1) is 5.60 Å². The maximum absolute atomic E-state index is 12.1. The number of benzene rings is 1. The van der Waals surface area contributed by atoms with Crippen molar-refractivity contribution in [1.29, 1.82) is 0 Å². The van der Waals surface area contributed by atoms with Gasteiger partial charge in [-0.1, -0.05) is 23.7 Å². The first-order chi connectivity index (χ1) is 8.59. The van der Waals surface area contributed by atoms with Gasteiger partial charge in [-0.15, -0.1) is 0 Å². The van der Waals surface area contributed by atoms with Crippen molar-refractivity contribution in [3.8, 4) is 0 Å². The second kappa shape index (κ2) is 6.14. The minimum atomic E-state index is -4.17. The summed E-state index contributed by atoms with van der Waals surface area (Å²) in [7, 11) is 0. The number of aliphatic hydroxyl groups is 1. The number of hydrogen-bond donors (Lipinski definition) is 1. The summed E-state index contributed by atoms with van der Waals surface area (Å²) in [6.07, 6.45) is -4.77. The molecule has 1 N–H and O–H groups in total. The molecule has 0 aromatic heterocycles. The Morgan fingerprint density at radius 3 is 2.37 bits per heavy atom. The highest BCUT2D eigenvalue weighted by Crippen LogP contribution is 2.28. The standard InChI is InChI=1S/C14H18ClF3O/c1-10-4-5-11(12(15)8-10)9-13(2,19)6-3-7-14(16,17)18/h4-5,8,19H,3,6-7,9H2,1-2H3. The molecule has 5 heteroatoms. The molecule has 1 unspecified atom stereocenters. The van der Waals surface area contributed by atoms with Gasteiger partial charge < -0.3 is 5.11 Å². The summed E-state index contributed by atoms with van der Waals surface area (Å²) in [4.78, 5) is 0. The maximum atomic E-state index is 12.1. The minimum Gasteiger partial charge on any atom is -0.390 e. The van der Waals surface area contributed by atoms with Crippen LogP contribution in [0.3, 0.4) is 0 Å². The molecule has 0 amide bonds. The number of hydrogen-bond acceptors (Lipinski definition) is 1. The molecular weight excluding hydrogens is 277 g/mol. The molecule has 0 aliphatic heterocycles. The van der Waals surface area contributed by atoms with E-state index in [9.17, 15) is 18.3 Å². The maximum Gasteiger partial charge on any atom is 0.389 e. The Morgan fingerprint density at radius 2 is 1.84 bits per heavy atom. The third kappa shape index (κ3) is 6.30. The molecule has 0 saturated heterocycles. The summed E-state index contributed by atoms with van der Waals surface area (Å²) in [6, 6.07) is 5.45. The Hall–Kier alpha value is -0.740. The van der Waals surface area contributed by atoms with E-state index in [0.717, 1.165) is 11.1 Å². The molecule has 19 heavy (non-hydrogen) atoms. The van der Waals surface area contributed by atoms with E-state index in [1.54, 1.807) is 19.1 Å². The largest absolute Gasteiger partial charge is 0.390 e. The summed E-state index contributed by atoms with van der Waals surface area (Å²) in [5, 5.41) is 10.7. The lowest BCUT2D eigenvalue weighted by molar-refractivity contribution is -0.137. The molecule has 1 aromatic carbocycles. The van der Waals surface area contributed by atoms with E-state index in [1.807, 2.05) is 13.0 Å². The third-order valence-electron chi connectivity index (χ3n) is 2.96. The Labute approximate surface area is 116 Å². The molecule has 0 fully saturated rings. The van der Waals surface area contributed by atoms with E-state index in [4.69, 9.17) is 11.6 Å². The van der Waals surface area contributed by atoms with Crippen molar-refractivity contribution in [3.63, 3.8) is 0 Å². The fourth-order valence-corrected chi connectivity index (χ4v) is 2.27. The molecule has 1 aromatic rings. The number of alkyl halides is 3. The second-order valence-electron chi connectivity index (χ2n) is 5.24. The van der Waals surface area contributed by atoms with Crippen molar-refractivity contribution in [1.82, 2.24) is 0 Å². The zero-order valence-electron chi connectivity index (χ0n) is 11.0. The van der Waals surface area contributed by atoms with Gasteiger partial charge in [-0.05, 0) is 43.9 Å². The van der Waals surface area contributed by atoms with Gasteiger partial charge >= 0.3 is 6.18 Å². The van der Waals surface area contributed by atoms with E-state index in [-0.39, 0.29) is 19.3 Å². The van der Waals surface area contributed by atoms with Crippen LogP contribution in [0.15, 0.2) is 18.2 Å². The summed E-state index contributed by atoms with van der Waals surface area (Å²) in [5.74, 6) is 0. The van der Waals surface area contributed by atoms with E-state index in [1.165, 1.54) is 0 Å². The van der Waals surface area contributed by atoms with Crippen LogP contribution in [0.1, 0.15) is 37.3 Å². The van der Waals surface area contributed by atoms with Crippen LogP contribution in [0, 0.1) is 6.92 Å². The van der Waals surface area contributed by atoms with Crippen LogP contribution in [-0.4, -0.2) is 16.9 Å². The minimum absolute atomic E-state index is 0.0834. The fraction of sp³-hybridized carbons (Fsp3) is 0.571. The molecule has 0 saturated carbocycles. The first-order valence-electron chi connectivity index (χ1n) is 6.13. The SMILES string of the molecule is Cc1ccc(CC(C)(O)CCCC(F)(F)F)c(Cl)c1. The average molecular weight is 295 g/mol. The van der Waals surface area contributed by atoms with Crippen molar-refractivity contribution in [2.24, 2.45) is 0 Å². The van der Waals surface area contributed by atoms with Crippen LogP contribution >= 0.6 is 11.6 Å². The third-order valence-corrected chi connectivity index (χ3v) is 3.31. The Bertz CT molecular complexity index is 427. The molecule has 1 rings (SSSR count). The van der Waals surface area contributed by atoms with Gasteiger partial charge in [-0.25, -0.2) is 0 Å². The van der Waals surface area contributed by atoms with Crippen LogP contribution < -0.4 is 0 Å². The predicted molar refractivity (Wildman–Crippen MR) is 70.4 cm³/mol. The fourth-order valence-electron chi connectivity index (χ4n) is 1.96. The highest BCUT2D eigenvalue weighted by molar-refractivity contribution is 6.31.